The minimum Gasteiger partial charge on any atom is -0.361 e. The van der Waals surface area contributed by atoms with Gasteiger partial charge in [0.15, 0.2) is 0 Å². The van der Waals surface area contributed by atoms with E-state index in [0.717, 1.165) is 42.3 Å². The van der Waals surface area contributed by atoms with E-state index in [1.807, 2.05) is 30.5 Å². The monoisotopic (exact) mass is 293 g/mol. The van der Waals surface area contributed by atoms with Gasteiger partial charge in [0.1, 0.15) is 0 Å². The first-order valence-electron chi connectivity index (χ1n) is 6.86. The van der Waals surface area contributed by atoms with Crippen molar-refractivity contribution in [3.05, 3.63) is 30.5 Å². The van der Waals surface area contributed by atoms with Crippen LogP contribution in [-0.4, -0.2) is 16.9 Å². The Bertz CT molecular complexity index is 596. The van der Waals surface area contributed by atoms with Crippen LogP contribution in [0.5, 0.6) is 0 Å². The predicted octanol–water partition coefficient (Wildman–Crippen LogP) is 3.05. The lowest BCUT2D eigenvalue weighted by molar-refractivity contribution is -0.120. The second kappa shape index (κ2) is 6.29. The minimum absolute atomic E-state index is 0. The fourth-order valence-electron chi connectivity index (χ4n) is 2.84. The van der Waals surface area contributed by atoms with Gasteiger partial charge in [-0.2, -0.15) is 0 Å². The first-order chi connectivity index (χ1) is 9.22. The number of benzene rings is 1. The molecule has 4 N–H and O–H groups in total. The summed E-state index contributed by atoms with van der Waals surface area (Å²) in [6, 6.07) is 8.09. The maximum absolute atomic E-state index is 12.2. The molecule has 0 aliphatic heterocycles. The van der Waals surface area contributed by atoms with Gasteiger partial charge in [-0.25, -0.2) is 0 Å². The van der Waals surface area contributed by atoms with Gasteiger partial charge in [-0.05, 0) is 43.5 Å². The maximum atomic E-state index is 12.2. The van der Waals surface area contributed by atoms with Crippen LogP contribution in [0, 0.1) is 5.92 Å². The molecule has 1 aromatic carbocycles. The third-order valence-electron chi connectivity index (χ3n) is 3.91. The molecule has 4 nitrogen and oxygen atoms in total. The fraction of sp³-hybridized carbons (Fsp3) is 0.400. The number of amides is 1. The summed E-state index contributed by atoms with van der Waals surface area (Å²) in [5.74, 6) is 0.163. The molecule has 1 fully saturated rings. The van der Waals surface area contributed by atoms with E-state index in [2.05, 4.69) is 10.3 Å². The van der Waals surface area contributed by atoms with Crippen molar-refractivity contribution in [1.29, 1.82) is 0 Å². The number of hydrogen-bond donors (Lipinski definition) is 3. The lowest BCUT2D eigenvalue weighted by atomic mass is 9.85. The lowest BCUT2D eigenvalue weighted by Crippen LogP contribution is -2.34. The Hall–Kier alpha value is -1.52. The largest absolute Gasteiger partial charge is 0.361 e. The summed E-state index contributed by atoms with van der Waals surface area (Å²) in [5.41, 5.74) is 7.87. The minimum atomic E-state index is 0. The average molecular weight is 294 g/mol. The number of carbonyl (C=O) groups is 1. The first kappa shape index (κ1) is 14.9. The number of nitrogens with one attached hydrogen (secondary N) is 2. The molecule has 1 amide bonds. The van der Waals surface area contributed by atoms with Gasteiger partial charge in [0, 0.05) is 34.7 Å². The van der Waals surface area contributed by atoms with E-state index in [1.165, 1.54) is 0 Å². The molecule has 1 heterocycles. The molecule has 1 aliphatic rings. The number of anilines is 1. The first-order valence-corrected chi connectivity index (χ1v) is 6.86. The van der Waals surface area contributed by atoms with Crippen molar-refractivity contribution in [1.82, 2.24) is 4.98 Å². The summed E-state index contributed by atoms with van der Waals surface area (Å²) < 4.78 is 0. The number of rotatable bonds is 2. The van der Waals surface area contributed by atoms with Crippen LogP contribution in [0.4, 0.5) is 5.69 Å². The van der Waals surface area contributed by atoms with Gasteiger partial charge < -0.3 is 16.0 Å². The molecular weight excluding hydrogens is 274 g/mol. The Kier molecular flexibility index (Phi) is 4.68. The number of aromatic amines is 1. The van der Waals surface area contributed by atoms with Crippen molar-refractivity contribution < 1.29 is 4.79 Å². The van der Waals surface area contributed by atoms with E-state index >= 15 is 0 Å². The van der Waals surface area contributed by atoms with Crippen molar-refractivity contribution in [2.24, 2.45) is 11.7 Å². The number of hydrogen-bond acceptors (Lipinski definition) is 2. The molecular formula is C15H20ClN3O. The maximum Gasteiger partial charge on any atom is 0.227 e. The fourth-order valence-corrected chi connectivity index (χ4v) is 2.84. The molecule has 108 valence electrons. The summed E-state index contributed by atoms with van der Waals surface area (Å²) >= 11 is 0. The molecule has 1 aliphatic carbocycles. The molecule has 0 bridgehead atoms. The van der Waals surface area contributed by atoms with Gasteiger partial charge in [0.05, 0.1) is 0 Å². The Labute approximate surface area is 124 Å². The van der Waals surface area contributed by atoms with Crippen LogP contribution in [0.3, 0.4) is 0 Å². The van der Waals surface area contributed by atoms with Crippen LogP contribution < -0.4 is 11.1 Å². The molecule has 5 heteroatoms. The van der Waals surface area contributed by atoms with Crippen LogP contribution in [0.2, 0.25) is 0 Å². The second-order valence-electron chi connectivity index (χ2n) is 5.39. The molecule has 0 spiro atoms. The molecule has 1 aromatic heterocycles. The van der Waals surface area contributed by atoms with Crippen LogP contribution >= 0.6 is 12.4 Å². The third kappa shape index (κ3) is 3.14. The number of halogens is 1. The van der Waals surface area contributed by atoms with Gasteiger partial charge in [-0.15, -0.1) is 12.4 Å². The Morgan fingerprint density at radius 1 is 1.30 bits per heavy atom. The normalized spacial score (nSPS) is 22.2. The van der Waals surface area contributed by atoms with Gasteiger partial charge >= 0.3 is 0 Å². The summed E-state index contributed by atoms with van der Waals surface area (Å²) in [5, 5.41) is 4.12. The summed E-state index contributed by atoms with van der Waals surface area (Å²) in [6.07, 6.45) is 5.75. The highest BCUT2D eigenvalue weighted by Crippen LogP contribution is 2.25. The summed E-state index contributed by atoms with van der Waals surface area (Å²) in [7, 11) is 0. The van der Waals surface area contributed by atoms with E-state index in [1.54, 1.807) is 0 Å². The topological polar surface area (TPSA) is 70.9 Å². The SMILES string of the molecule is Cl.NC1CCCC(C(=O)Nc2ccc3[nH]ccc3c2)C1. The zero-order valence-corrected chi connectivity index (χ0v) is 12.1. The number of carbonyl (C=O) groups excluding carboxylic acids is 1. The smallest absolute Gasteiger partial charge is 0.227 e. The second-order valence-corrected chi connectivity index (χ2v) is 5.39. The summed E-state index contributed by atoms with van der Waals surface area (Å²) in [4.78, 5) is 15.4. The zero-order chi connectivity index (χ0) is 13.2. The van der Waals surface area contributed by atoms with Crippen molar-refractivity contribution in [3.63, 3.8) is 0 Å². The molecule has 2 atom stereocenters. The standard InChI is InChI=1S/C15H19N3O.ClH/c16-12-3-1-2-11(8-12)15(19)18-13-4-5-14-10(9-13)6-7-17-14;/h4-7,9,11-12,17H,1-3,8,16H2,(H,18,19);1H. The van der Waals surface area contributed by atoms with Crippen molar-refractivity contribution >= 4 is 34.9 Å². The molecule has 3 rings (SSSR count). The highest BCUT2D eigenvalue weighted by Gasteiger charge is 2.25. The number of H-pyrrole nitrogens is 1. The number of aromatic nitrogens is 1. The number of fused-ring (bicyclic) bond motifs is 1. The molecule has 0 saturated heterocycles. The molecule has 0 radical (unpaired) electrons. The van der Waals surface area contributed by atoms with Gasteiger partial charge in [0.2, 0.25) is 5.91 Å². The molecule has 20 heavy (non-hydrogen) atoms. The zero-order valence-electron chi connectivity index (χ0n) is 11.3. The van der Waals surface area contributed by atoms with Gasteiger partial charge in [0.25, 0.3) is 0 Å². The van der Waals surface area contributed by atoms with Gasteiger partial charge in [-0.3, -0.25) is 4.79 Å². The van der Waals surface area contributed by atoms with Crippen molar-refractivity contribution in [2.75, 3.05) is 5.32 Å². The van der Waals surface area contributed by atoms with Crippen LogP contribution in [-0.2, 0) is 4.79 Å². The Balaban J connectivity index is 0.00000147. The van der Waals surface area contributed by atoms with Crippen LogP contribution in [0.25, 0.3) is 10.9 Å². The van der Waals surface area contributed by atoms with E-state index in [4.69, 9.17) is 5.73 Å². The van der Waals surface area contributed by atoms with Crippen molar-refractivity contribution in [3.8, 4) is 0 Å². The highest BCUT2D eigenvalue weighted by molar-refractivity contribution is 5.95. The quantitative estimate of drug-likeness (QED) is 0.796. The van der Waals surface area contributed by atoms with E-state index in [0.29, 0.717) is 0 Å². The molecule has 2 unspecified atom stereocenters. The van der Waals surface area contributed by atoms with Crippen molar-refractivity contribution in [2.45, 2.75) is 31.7 Å². The Morgan fingerprint density at radius 3 is 2.95 bits per heavy atom. The van der Waals surface area contributed by atoms with Crippen LogP contribution in [0.15, 0.2) is 30.5 Å². The van der Waals surface area contributed by atoms with Gasteiger partial charge in [-0.1, -0.05) is 6.42 Å². The van der Waals surface area contributed by atoms with Crippen LogP contribution in [0.1, 0.15) is 25.7 Å². The van der Waals surface area contributed by atoms with E-state index in [9.17, 15) is 4.79 Å². The number of nitrogens with two attached hydrogens (primary N) is 1. The highest BCUT2D eigenvalue weighted by atomic mass is 35.5. The van der Waals surface area contributed by atoms with E-state index in [-0.39, 0.29) is 30.3 Å². The van der Waals surface area contributed by atoms with E-state index < -0.39 is 0 Å². The predicted molar refractivity (Wildman–Crippen MR) is 84.1 cm³/mol. The summed E-state index contributed by atoms with van der Waals surface area (Å²) in [6.45, 7) is 0. The average Bonchev–Trinajstić information content (AvgIpc) is 2.86. The lowest BCUT2D eigenvalue weighted by Gasteiger charge is -2.25. The Morgan fingerprint density at radius 2 is 2.15 bits per heavy atom. The molecule has 1 saturated carbocycles. The molecule has 2 aromatic rings. The third-order valence-corrected chi connectivity index (χ3v) is 3.91.